The maximum absolute atomic E-state index is 12.6. The number of carbonyl (C=O) groups is 1. The van der Waals surface area contributed by atoms with Crippen LogP contribution in [0.25, 0.3) is 0 Å². The van der Waals surface area contributed by atoms with Crippen LogP contribution in [-0.2, 0) is 11.2 Å². The Hall–Kier alpha value is -1.26. The van der Waals surface area contributed by atoms with Crippen LogP contribution in [0.3, 0.4) is 0 Å². The van der Waals surface area contributed by atoms with Gasteiger partial charge in [0.1, 0.15) is 5.75 Å². The molecule has 2 rings (SSSR count). The molecule has 1 amide bonds. The first-order valence-electron chi connectivity index (χ1n) is 8.68. The molecule has 0 bridgehead atoms. The number of ether oxygens (including phenoxy) is 1. The van der Waals surface area contributed by atoms with E-state index in [-0.39, 0.29) is 12.4 Å². The van der Waals surface area contributed by atoms with E-state index in [0.29, 0.717) is 24.2 Å². The number of amides is 1. The van der Waals surface area contributed by atoms with Crippen LogP contribution in [0.5, 0.6) is 5.75 Å². The predicted molar refractivity (Wildman–Crippen MR) is 101 cm³/mol. The minimum absolute atomic E-state index is 0. The van der Waals surface area contributed by atoms with Gasteiger partial charge in [-0.1, -0.05) is 25.1 Å². The molecule has 1 N–H and O–H groups in total. The number of halogens is 1. The highest BCUT2D eigenvalue weighted by Gasteiger charge is 2.24. The zero-order valence-electron chi connectivity index (χ0n) is 15.1. The molecule has 136 valence electrons. The number of rotatable bonds is 7. The van der Waals surface area contributed by atoms with Gasteiger partial charge in [0.2, 0.25) is 5.91 Å². The van der Waals surface area contributed by atoms with E-state index in [1.54, 1.807) is 7.11 Å². The Balaban J connectivity index is 0.00000288. The SMILES string of the molecule is CNCC1CCCN(C(=O)CC(C)Cc2ccccc2OC)C1.Cl. The number of para-hydroxylation sites is 1. The lowest BCUT2D eigenvalue weighted by molar-refractivity contribution is -0.133. The molecular formula is C19H31ClN2O2. The highest BCUT2D eigenvalue weighted by atomic mass is 35.5. The predicted octanol–water partition coefficient (Wildman–Crippen LogP) is 3.14. The van der Waals surface area contributed by atoms with E-state index in [1.165, 1.54) is 12.0 Å². The number of hydrogen-bond donors (Lipinski definition) is 1. The third-order valence-electron chi connectivity index (χ3n) is 4.65. The lowest BCUT2D eigenvalue weighted by Crippen LogP contribution is -2.43. The molecule has 0 saturated carbocycles. The highest BCUT2D eigenvalue weighted by molar-refractivity contribution is 5.85. The van der Waals surface area contributed by atoms with Crippen LogP contribution in [-0.4, -0.2) is 44.6 Å². The Labute approximate surface area is 152 Å². The summed E-state index contributed by atoms with van der Waals surface area (Å²) in [6, 6.07) is 8.08. The Morgan fingerprint density at radius 1 is 1.42 bits per heavy atom. The van der Waals surface area contributed by atoms with E-state index < -0.39 is 0 Å². The molecule has 5 heteroatoms. The molecule has 4 nitrogen and oxygen atoms in total. The summed E-state index contributed by atoms with van der Waals surface area (Å²) in [5.41, 5.74) is 1.18. The Morgan fingerprint density at radius 2 is 2.17 bits per heavy atom. The van der Waals surface area contributed by atoms with Crippen LogP contribution in [0, 0.1) is 11.8 Å². The van der Waals surface area contributed by atoms with Gasteiger partial charge in [0.25, 0.3) is 0 Å². The van der Waals surface area contributed by atoms with E-state index >= 15 is 0 Å². The largest absolute Gasteiger partial charge is 0.496 e. The van der Waals surface area contributed by atoms with Crippen molar-refractivity contribution in [1.82, 2.24) is 10.2 Å². The zero-order valence-corrected chi connectivity index (χ0v) is 15.9. The fraction of sp³-hybridized carbons (Fsp3) is 0.632. The molecule has 2 unspecified atom stereocenters. The molecular weight excluding hydrogens is 324 g/mol. The van der Waals surface area contributed by atoms with Crippen molar-refractivity contribution in [2.75, 3.05) is 33.8 Å². The van der Waals surface area contributed by atoms with Crippen LogP contribution in [0.2, 0.25) is 0 Å². The van der Waals surface area contributed by atoms with Gasteiger partial charge < -0.3 is 15.0 Å². The quantitative estimate of drug-likeness (QED) is 0.817. The van der Waals surface area contributed by atoms with E-state index in [9.17, 15) is 4.79 Å². The number of piperidine rings is 1. The molecule has 1 aliphatic heterocycles. The molecule has 0 spiro atoms. The topological polar surface area (TPSA) is 41.6 Å². The summed E-state index contributed by atoms with van der Waals surface area (Å²) in [6.45, 7) is 4.97. The van der Waals surface area contributed by atoms with E-state index in [2.05, 4.69) is 23.2 Å². The van der Waals surface area contributed by atoms with Gasteiger partial charge in [-0.3, -0.25) is 4.79 Å². The lowest BCUT2D eigenvalue weighted by Gasteiger charge is -2.33. The van der Waals surface area contributed by atoms with Crippen LogP contribution in [0.15, 0.2) is 24.3 Å². The number of likely N-dealkylation sites (tertiary alicyclic amines) is 1. The van der Waals surface area contributed by atoms with Gasteiger partial charge >= 0.3 is 0 Å². The van der Waals surface area contributed by atoms with Crippen LogP contribution in [0.4, 0.5) is 0 Å². The van der Waals surface area contributed by atoms with Gasteiger partial charge in [0.15, 0.2) is 0 Å². The molecule has 24 heavy (non-hydrogen) atoms. The van der Waals surface area contributed by atoms with E-state index in [0.717, 1.165) is 38.2 Å². The highest BCUT2D eigenvalue weighted by Crippen LogP contribution is 2.23. The van der Waals surface area contributed by atoms with Crippen molar-refractivity contribution in [3.63, 3.8) is 0 Å². The van der Waals surface area contributed by atoms with Crippen LogP contribution < -0.4 is 10.1 Å². The Kier molecular flexibility index (Phi) is 9.16. The van der Waals surface area contributed by atoms with Gasteiger partial charge in [-0.15, -0.1) is 12.4 Å². The maximum Gasteiger partial charge on any atom is 0.222 e. The van der Waals surface area contributed by atoms with Gasteiger partial charge in [-0.05, 0) is 56.3 Å². The summed E-state index contributed by atoms with van der Waals surface area (Å²) >= 11 is 0. The monoisotopic (exact) mass is 354 g/mol. The van der Waals surface area contributed by atoms with E-state index in [1.807, 2.05) is 25.2 Å². The van der Waals surface area contributed by atoms with Gasteiger partial charge in [-0.25, -0.2) is 0 Å². The van der Waals surface area contributed by atoms with Crippen molar-refractivity contribution in [3.05, 3.63) is 29.8 Å². The molecule has 0 radical (unpaired) electrons. The summed E-state index contributed by atoms with van der Waals surface area (Å²) in [5, 5.41) is 3.23. The number of nitrogens with zero attached hydrogens (tertiary/aromatic N) is 1. The minimum Gasteiger partial charge on any atom is -0.496 e. The number of carbonyl (C=O) groups excluding carboxylic acids is 1. The second kappa shape index (κ2) is 10.6. The Morgan fingerprint density at radius 3 is 2.88 bits per heavy atom. The van der Waals surface area contributed by atoms with Gasteiger partial charge in [-0.2, -0.15) is 0 Å². The third kappa shape index (κ3) is 5.99. The van der Waals surface area contributed by atoms with Crippen molar-refractivity contribution >= 4 is 18.3 Å². The number of nitrogens with one attached hydrogen (secondary N) is 1. The van der Waals surface area contributed by atoms with Gasteiger partial charge in [0.05, 0.1) is 7.11 Å². The summed E-state index contributed by atoms with van der Waals surface area (Å²) in [6.07, 6.45) is 3.84. The first-order valence-corrected chi connectivity index (χ1v) is 8.68. The first kappa shape index (κ1) is 20.8. The smallest absolute Gasteiger partial charge is 0.222 e. The summed E-state index contributed by atoms with van der Waals surface area (Å²) < 4.78 is 5.41. The van der Waals surface area contributed by atoms with Crippen molar-refractivity contribution < 1.29 is 9.53 Å². The standard InChI is InChI=1S/C19H30N2O2.ClH/c1-15(11-17-8-4-5-9-18(17)23-3)12-19(22)21-10-6-7-16(14-21)13-20-2;/h4-5,8-9,15-16,20H,6-7,10-14H2,1-3H3;1H. The molecule has 1 fully saturated rings. The van der Waals surface area contributed by atoms with E-state index in [4.69, 9.17) is 4.74 Å². The van der Waals surface area contributed by atoms with Crippen molar-refractivity contribution in [3.8, 4) is 5.75 Å². The molecule has 0 aliphatic carbocycles. The number of hydrogen-bond acceptors (Lipinski definition) is 3. The molecule has 1 heterocycles. The summed E-state index contributed by atoms with van der Waals surface area (Å²) in [4.78, 5) is 14.6. The molecule has 2 atom stereocenters. The summed E-state index contributed by atoms with van der Waals surface area (Å²) in [7, 11) is 3.68. The molecule has 1 aromatic rings. The Bertz CT molecular complexity index is 508. The average Bonchev–Trinajstić information content (AvgIpc) is 2.56. The van der Waals surface area contributed by atoms with Crippen molar-refractivity contribution in [1.29, 1.82) is 0 Å². The zero-order chi connectivity index (χ0) is 16.7. The average molecular weight is 355 g/mol. The fourth-order valence-corrected chi connectivity index (χ4v) is 3.49. The number of methoxy groups -OCH3 is 1. The second-order valence-corrected chi connectivity index (χ2v) is 6.73. The minimum atomic E-state index is 0. The van der Waals surface area contributed by atoms with Crippen LogP contribution >= 0.6 is 12.4 Å². The fourth-order valence-electron chi connectivity index (χ4n) is 3.49. The lowest BCUT2D eigenvalue weighted by atomic mass is 9.94. The van der Waals surface area contributed by atoms with Gasteiger partial charge in [0, 0.05) is 19.5 Å². The maximum atomic E-state index is 12.6. The molecule has 1 aromatic carbocycles. The molecule has 1 aliphatic rings. The molecule has 1 saturated heterocycles. The normalized spacial score (nSPS) is 18.6. The van der Waals surface area contributed by atoms with Crippen LogP contribution in [0.1, 0.15) is 31.7 Å². The summed E-state index contributed by atoms with van der Waals surface area (Å²) in [5.74, 6) is 2.14. The molecule has 0 aromatic heterocycles. The van der Waals surface area contributed by atoms with Crippen molar-refractivity contribution in [2.24, 2.45) is 11.8 Å². The second-order valence-electron chi connectivity index (χ2n) is 6.73. The number of benzene rings is 1. The third-order valence-corrected chi connectivity index (χ3v) is 4.65. The first-order chi connectivity index (χ1) is 11.1. The van der Waals surface area contributed by atoms with Crippen molar-refractivity contribution in [2.45, 2.75) is 32.6 Å².